The Morgan fingerprint density at radius 1 is 0.860 bits per heavy atom. The first-order chi connectivity index (χ1) is 24.4. The Hall–Kier alpha value is -5.51. The van der Waals surface area contributed by atoms with Gasteiger partial charge in [0.15, 0.2) is 16.8 Å². The summed E-state index contributed by atoms with van der Waals surface area (Å²) in [5.74, 6) is 1.82. The molecule has 9 nitrogen and oxygen atoms in total. The highest BCUT2D eigenvalue weighted by Crippen LogP contribution is 2.42. The van der Waals surface area contributed by atoms with Crippen molar-refractivity contribution in [2.24, 2.45) is 0 Å². The summed E-state index contributed by atoms with van der Waals surface area (Å²) in [6.07, 6.45) is 0.482. The number of ether oxygens (including phenoxy) is 3. The summed E-state index contributed by atoms with van der Waals surface area (Å²) in [6.45, 7) is 0.428. The minimum absolute atomic E-state index is 0.0615. The van der Waals surface area contributed by atoms with Crippen LogP contribution in [0.15, 0.2) is 124 Å². The summed E-state index contributed by atoms with van der Waals surface area (Å²) in [7, 11) is 3.27. The Bertz CT molecular complexity index is 2070. The number of methoxy groups -OCH3 is 2. The number of likely N-dealkylation sites (tertiary alicyclic amines) is 1. The number of rotatable bonds is 11. The zero-order valence-corrected chi connectivity index (χ0v) is 28.0. The van der Waals surface area contributed by atoms with E-state index in [1.807, 2.05) is 97.1 Å². The standard InChI is InChI=1S/C41H38N2O7/c1-47-34-15-10-29(11-16-34)41(28-6-4-3-5-7-28,30-12-17-35(48-2)18-13-30)49-26-31-23-33(45)25-43(31)40(46)21-9-27-8-20-38-37(22-27)42-36-19-14-32(44)24-39(36)50-38/h3-8,10-20,22,24,31,33,45H,9,21,23,25-26H2,1-2H3. The molecular formula is C41H38N2O7. The third-order valence-electron chi connectivity index (χ3n) is 9.42. The number of amides is 1. The first-order valence-electron chi connectivity index (χ1n) is 16.7. The number of nitrogens with zero attached hydrogens (tertiary/aromatic N) is 2. The summed E-state index contributed by atoms with van der Waals surface area (Å²) in [4.78, 5) is 31.9. The molecule has 9 heteroatoms. The minimum Gasteiger partial charge on any atom is -0.497 e. The molecule has 1 N–H and O–H groups in total. The molecule has 2 heterocycles. The van der Waals surface area contributed by atoms with Gasteiger partial charge in [0.05, 0.1) is 33.0 Å². The van der Waals surface area contributed by atoms with Crippen molar-refractivity contribution in [2.75, 3.05) is 27.4 Å². The second-order valence-electron chi connectivity index (χ2n) is 12.6. The van der Waals surface area contributed by atoms with Gasteiger partial charge in [-0.3, -0.25) is 9.59 Å². The van der Waals surface area contributed by atoms with E-state index in [4.69, 9.17) is 18.6 Å². The van der Waals surface area contributed by atoms with Gasteiger partial charge in [0.2, 0.25) is 5.91 Å². The number of fused-ring (bicyclic) bond motifs is 2. The quantitative estimate of drug-likeness (QED) is 0.128. The van der Waals surface area contributed by atoms with Crippen LogP contribution in [-0.2, 0) is 21.6 Å². The molecule has 3 aliphatic rings. The number of benzene rings is 5. The first-order valence-corrected chi connectivity index (χ1v) is 16.7. The number of aryl methyl sites for hydroxylation is 1. The van der Waals surface area contributed by atoms with Crippen LogP contribution in [0.3, 0.4) is 0 Å². The lowest BCUT2D eigenvalue weighted by molar-refractivity contribution is -0.134. The summed E-state index contributed by atoms with van der Waals surface area (Å²) in [5, 5.41) is 10.8. The van der Waals surface area contributed by atoms with Gasteiger partial charge in [-0.15, -0.1) is 0 Å². The molecule has 0 radical (unpaired) electrons. The third-order valence-corrected chi connectivity index (χ3v) is 9.42. The molecule has 2 atom stereocenters. The molecule has 50 heavy (non-hydrogen) atoms. The maximum absolute atomic E-state index is 13.8. The van der Waals surface area contributed by atoms with Crippen LogP contribution in [0.5, 0.6) is 11.5 Å². The van der Waals surface area contributed by atoms with E-state index in [9.17, 15) is 14.7 Å². The smallest absolute Gasteiger partial charge is 0.223 e. The van der Waals surface area contributed by atoms with Crippen LogP contribution in [0.25, 0.3) is 22.6 Å². The van der Waals surface area contributed by atoms with Crippen molar-refractivity contribution in [3.8, 4) is 23.0 Å². The Morgan fingerprint density at radius 2 is 1.52 bits per heavy atom. The summed E-state index contributed by atoms with van der Waals surface area (Å²) >= 11 is 0. The summed E-state index contributed by atoms with van der Waals surface area (Å²) < 4.78 is 23.9. The van der Waals surface area contributed by atoms with Crippen LogP contribution in [0.1, 0.15) is 35.1 Å². The molecule has 1 fully saturated rings. The topological polar surface area (TPSA) is 111 Å². The summed E-state index contributed by atoms with van der Waals surface area (Å²) in [6, 6.07) is 35.5. The van der Waals surface area contributed by atoms with E-state index < -0.39 is 11.7 Å². The van der Waals surface area contributed by atoms with Crippen molar-refractivity contribution < 1.29 is 28.5 Å². The third kappa shape index (κ3) is 6.57. The lowest BCUT2D eigenvalue weighted by atomic mass is 9.80. The maximum atomic E-state index is 13.8. The van der Waals surface area contributed by atoms with Crippen molar-refractivity contribution in [3.63, 3.8) is 0 Å². The molecule has 1 aliphatic carbocycles. The van der Waals surface area contributed by atoms with Crippen LogP contribution in [0.2, 0.25) is 0 Å². The van der Waals surface area contributed by atoms with Gasteiger partial charge in [-0.05, 0) is 83.6 Å². The van der Waals surface area contributed by atoms with Crippen molar-refractivity contribution in [1.29, 1.82) is 0 Å². The van der Waals surface area contributed by atoms with Crippen LogP contribution in [-0.4, -0.2) is 60.4 Å². The van der Waals surface area contributed by atoms with E-state index in [0.717, 1.165) is 33.8 Å². The second kappa shape index (κ2) is 14.2. The SMILES string of the molecule is COc1ccc(C(OCC2CC(O)CN2C(=O)CCc2ccc3oc4cc(=O)ccc-4nc3c2)(c2ccccc2)c2ccc(OC)cc2)cc1. The van der Waals surface area contributed by atoms with Crippen LogP contribution >= 0.6 is 0 Å². The van der Waals surface area contributed by atoms with Gasteiger partial charge >= 0.3 is 0 Å². The maximum Gasteiger partial charge on any atom is 0.223 e. The van der Waals surface area contributed by atoms with E-state index in [1.165, 1.54) is 12.1 Å². The van der Waals surface area contributed by atoms with Gasteiger partial charge in [0.1, 0.15) is 28.3 Å². The molecule has 7 rings (SSSR count). The van der Waals surface area contributed by atoms with Gasteiger partial charge in [-0.25, -0.2) is 4.98 Å². The predicted octanol–water partition coefficient (Wildman–Crippen LogP) is 6.21. The number of hydrogen-bond acceptors (Lipinski definition) is 8. The van der Waals surface area contributed by atoms with Gasteiger partial charge in [-0.2, -0.15) is 0 Å². The first kappa shape index (κ1) is 33.0. The van der Waals surface area contributed by atoms with Crippen molar-refractivity contribution in [2.45, 2.75) is 37.0 Å². The normalized spacial score (nSPS) is 16.2. The van der Waals surface area contributed by atoms with Crippen molar-refractivity contribution in [3.05, 3.63) is 148 Å². The average Bonchev–Trinajstić information content (AvgIpc) is 3.54. The number of aromatic nitrogens is 1. The largest absolute Gasteiger partial charge is 0.497 e. The number of carbonyl (C=O) groups excluding carboxylic acids is 1. The Labute approximate surface area is 290 Å². The number of β-amino-alcohol motifs (C(OH)–C–C–N with tert-alkyl or cyclic N) is 1. The molecule has 2 aliphatic heterocycles. The Balaban J connectivity index is 1.15. The van der Waals surface area contributed by atoms with E-state index >= 15 is 0 Å². The second-order valence-corrected chi connectivity index (χ2v) is 12.6. The van der Waals surface area contributed by atoms with Crippen molar-refractivity contribution in [1.82, 2.24) is 9.88 Å². The number of carbonyl (C=O) groups is 1. The molecule has 1 saturated heterocycles. The average molecular weight is 671 g/mol. The van der Waals surface area contributed by atoms with Gasteiger partial charge in [0.25, 0.3) is 0 Å². The monoisotopic (exact) mass is 670 g/mol. The fraction of sp³-hybridized carbons (Fsp3) is 0.244. The highest BCUT2D eigenvalue weighted by Gasteiger charge is 2.41. The summed E-state index contributed by atoms with van der Waals surface area (Å²) in [5.41, 5.74) is 4.27. The molecule has 2 unspecified atom stereocenters. The van der Waals surface area contributed by atoms with Crippen LogP contribution in [0.4, 0.5) is 0 Å². The lowest BCUT2D eigenvalue weighted by Crippen LogP contribution is -2.42. The number of hydrogen-bond donors (Lipinski definition) is 1. The van der Waals surface area contributed by atoms with E-state index in [-0.39, 0.29) is 37.0 Å². The van der Waals surface area contributed by atoms with E-state index in [0.29, 0.717) is 35.4 Å². The fourth-order valence-electron chi connectivity index (χ4n) is 6.85. The minimum atomic E-state index is -1.04. The Kier molecular flexibility index (Phi) is 9.34. The Morgan fingerprint density at radius 3 is 2.18 bits per heavy atom. The molecule has 1 amide bonds. The molecule has 254 valence electrons. The zero-order chi connectivity index (χ0) is 34.7. The molecule has 0 saturated carbocycles. The predicted molar refractivity (Wildman–Crippen MR) is 190 cm³/mol. The van der Waals surface area contributed by atoms with E-state index in [1.54, 1.807) is 25.2 Å². The molecule has 0 spiro atoms. The molecule has 0 aromatic heterocycles. The van der Waals surface area contributed by atoms with Gasteiger partial charge in [0, 0.05) is 19.0 Å². The van der Waals surface area contributed by atoms with Crippen LogP contribution < -0.4 is 14.9 Å². The molecular weight excluding hydrogens is 632 g/mol. The molecule has 0 bridgehead atoms. The highest BCUT2D eigenvalue weighted by atomic mass is 16.5. The zero-order valence-electron chi connectivity index (χ0n) is 28.0. The van der Waals surface area contributed by atoms with Gasteiger partial charge < -0.3 is 28.6 Å². The number of aliphatic hydroxyl groups excluding tert-OH is 1. The van der Waals surface area contributed by atoms with Gasteiger partial charge in [-0.1, -0.05) is 60.7 Å². The number of aliphatic hydroxyl groups is 1. The van der Waals surface area contributed by atoms with Crippen molar-refractivity contribution >= 4 is 17.0 Å². The highest BCUT2D eigenvalue weighted by molar-refractivity contribution is 5.79. The molecule has 4 aromatic rings. The molecule has 4 aromatic carbocycles. The lowest BCUT2D eigenvalue weighted by Gasteiger charge is -2.38. The van der Waals surface area contributed by atoms with Crippen LogP contribution in [0, 0.1) is 0 Å². The fourth-order valence-corrected chi connectivity index (χ4v) is 6.85. The van der Waals surface area contributed by atoms with E-state index in [2.05, 4.69) is 4.98 Å².